The van der Waals surface area contributed by atoms with Gasteiger partial charge in [-0.1, -0.05) is 5.16 Å². The second kappa shape index (κ2) is 9.40. The molecule has 0 unspecified atom stereocenters. The van der Waals surface area contributed by atoms with Crippen molar-refractivity contribution in [3.8, 4) is 0 Å². The lowest BCUT2D eigenvalue weighted by atomic mass is 10.1. The maximum atomic E-state index is 13.3. The Balaban J connectivity index is 2.18. The van der Waals surface area contributed by atoms with Gasteiger partial charge < -0.3 is 9.63 Å². The molecule has 0 radical (unpaired) electrons. The summed E-state index contributed by atoms with van der Waals surface area (Å²) in [7, 11) is 0. The summed E-state index contributed by atoms with van der Waals surface area (Å²) in [6.45, 7) is 0.0459. The molecule has 0 aliphatic rings. The first-order chi connectivity index (χ1) is 12.0. The summed E-state index contributed by atoms with van der Waals surface area (Å²) in [6, 6.07) is 4.09. The first-order valence-electron chi connectivity index (χ1n) is 7.55. The third kappa shape index (κ3) is 5.45. The average molecular weight is 414 g/mol. The molecule has 2 rings (SSSR count). The molecule has 1 heterocycles. The number of hydrogen-bond acceptors (Lipinski definition) is 6. The number of unbranched alkanes of at least 4 members (excludes halogenated alkanes) is 1. The minimum atomic E-state index is -0.437. The van der Waals surface area contributed by atoms with E-state index in [0.717, 1.165) is 0 Å². The van der Waals surface area contributed by atoms with Crippen LogP contribution in [0.5, 0.6) is 0 Å². The van der Waals surface area contributed by atoms with E-state index in [1.54, 1.807) is 0 Å². The summed E-state index contributed by atoms with van der Waals surface area (Å²) in [5.74, 6) is -0.502. The predicted molar refractivity (Wildman–Crippen MR) is 91.4 cm³/mol. The fourth-order valence-electron chi connectivity index (χ4n) is 2.13. The van der Waals surface area contributed by atoms with E-state index in [1.807, 2.05) is 5.48 Å². The molecule has 0 aliphatic carbocycles. The van der Waals surface area contributed by atoms with E-state index >= 15 is 0 Å². The predicted octanol–water partition coefficient (Wildman–Crippen LogP) is 2.91. The summed E-state index contributed by atoms with van der Waals surface area (Å²) < 4.78 is 18.4. The number of aromatic nitrogens is 1. The number of hydrogen-bond donors (Lipinski definition) is 3. The van der Waals surface area contributed by atoms with Gasteiger partial charge in [0.15, 0.2) is 11.5 Å². The van der Waals surface area contributed by atoms with Crippen molar-refractivity contribution < 1.29 is 24.0 Å². The number of amidine groups is 1. The Bertz CT molecular complexity index is 764. The Kier molecular flexibility index (Phi) is 7.23. The topological polar surface area (TPSA) is 108 Å². The molecule has 9 heteroatoms. The largest absolute Gasteiger partial charge is 0.396 e. The highest BCUT2D eigenvalue weighted by Crippen LogP contribution is 2.23. The van der Waals surface area contributed by atoms with Crippen LogP contribution >= 0.6 is 15.9 Å². The van der Waals surface area contributed by atoms with Gasteiger partial charge in [-0.3, -0.25) is 15.5 Å². The molecule has 0 atom stereocenters. The van der Waals surface area contributed by atoms with Crippen molar-refractivity contribution in [3.05, 3.63) is 46.0 Å². The number of hydroxylamine groups is 1. The van der Waals surface area contributed by atoms with E-state index in [0.29, 0.717) is 30.5 Å². The summed E-state index contributed by atoms with van der Waals surface area (Å²) in [5, 5.41) is 21.9. The molecular formula is C16H17BrFN3O4. The number of aliphatic hydroxyl groups excluding tert-OH is 1. The van der Waals surface area contributed by atoms with Crippen molar-refractivity contribution in [2.24, 2.45) is 4.99 Å². The number of nitrogens with one attached hydrogen (secondary N) is 1. The third-order valence-electron chi connectivity index (χ3n) is 3.37. The molecule has 0 aliphatic heterocycles. The number of Topliss-reactive ketones (excluding diaryl/α,β-unsaturated/α-hetero) is 1. The highest BCUT2D eigenvalue weighted by Gasteiger charge is 2.17. The zero-order valence-electron chi connectivity index (χ0n) is 13.2. The van der Waals surface area contributed by atoms with E-state index in [9.17, 15) is 14.4 Å². The van der Waals surface area contributed by atoms with Crippen LogP contribution in [0.15, 0.2) is 38.5 Å². The molecule has 1 aromatic carbocycles. The Morgan fingerprint density at radius 2 is 2.20 bits per heavy atom. The molecule has 0 saturated carbocycles. The Labute approximate surface area is 151 Å². The van der Waals surface area contributed by atoms with E-state index in [-0.39, 0.29) is 34.8 Å². The minimum absolute atomic E-state index is 0.0228. The highest BCUT2D eigenvalue weighted by atomic mass is 79.9. The highest BCUT2D eigenvalue weighted by molar-refractivity contribution is 9.10. The van der Waals surface area contributed by atoms with Crippen molar-refractivity contribution in [1.82, 2.24) is 10.6 Å². The van der Waals surface area contributed by atoms with Gasteiger partial charge in [0, 0.05) is 25.0 Å². The number of aliphatic hydroxyl groups is 1. The fourth-order valence-corrected chi connectivity index (χ4v) is 2.49. The van der Waals surface area contributed by atoms with Crippen molar-refractivity contribution in [2.45, 2.75) is 25.7 Å². The minimum Gasteiger partial charge on any atom is -0.396 e. The van der Waals surface area contributed by atoms with Gasteiger partial charge in [-0.2, -0.15) is 0 Å². The molecular weight excluding hydrogens is 397 g/mol. The second-order valence-electron chi connectivity index (χ2n) is 5.26. The van der Waals surface area contributed by atoms with Crippen LogP contribution in [-0.2, 0) is 11.2 Å². The van der Waals surface area contributed by atoms with Crippen LogP contribution in [0, 0.1) is 5.82 Å². The van der Waals surface area contributed by atoms with Gasteiger partial charge in [0.25, 0.3) is 0 Å². The quantitative estimate of drug-likeness (QED) is 0.265. The summed E-state index contributed by atoms with van der Waals surface area (Å²) in [4.78, 5) is 16.1. The molecule has 134 valence electrons. The first kappa shape index (κ1) is 19.2. The number of carbonyl (C=O) groups excluding carboxylic acids is 1. The number of ketones is 1. The molecule has 1 aromatic heterocycles. The van der Waals surface area contributed by atoms with Crippen LogP contribution in [0.25, 0.3) is 0 Å². The first-order valence-corrected chi connectivity index (χ1v) is 8.34. The van der Waals surface area contributed by atoms with Gasteiger partial charge in [0.05, 0.1) is 10.2 Å². The van der Waals surface area contributed by atoms with Crippen molar-refractivity contribution in [2.75, 3.05) is 6.61 Å². The zero-order valence-corrected chi connectivity index (χ0v) is 14.8. The molecule has 0 bridgehead atoms. The number of aliphatic imine (C=N–C) groups is 1. The van der Waals surface area contributed by atoms with Crippen LogP contribution in [0.2, 0.25) is 0 Å². The number of rotatable bonds is 8. The van der Waals surface area contributed by atoms with Crippen molar-refractivity contribution in [3.63, 3.8) is 0 Å². The average Bonchev–Trinajstić information content (AvgIpc) is 3.04. The summed E-state index contributed by atoms with van der Waals surface area (Å²) in [5.41, 5.74) is 2.96. The van der Waals surface area contributed by atoms with Crippen molar-refractivity contribution >= 4 is 33.2 Å². The van der Waals surface area contributed by atoms with E-state index < -0.39 is 5.82 Å². The lowest BCUT2D eigenvalue weighted by Gasteiger charge is -2.05. The van der Waals surface area contributed by atoms with E-state index in [2.05, 4.69) is 26.1 Å². The number of carbonyl (C=O) groups is 1. The fraction of sp³-hybridized carbons (Fsp3) is 0.312. The van der Waals surface area contributed by atoms with Crippen LogP contribution in [0.1, 0.15) is 30.5 Å². The summed E-state index contributed by atoms with van der Waals surface area (Å²) in [6.07, 6.45) is 2.87. The molecule has 3 N–H and O–H groups in total. The number of nitrogens with zero attached hydrogens (tertiary/aromatic N) is 2. The van der Waals surface area contributed by atoms with Gasteiger partial charge >= 0.3 is 0 Å². The molecule has 0 saturated heterocycles. The lowest BCUT2D eigenvalue weighted by Crippen LogP contribution is -2.22. The van der Waals surface area contributed by atoms with E-state index in [4.69, 9.17) is 9.63 Å². The van der Waals surface area contributed by atoms with Crippen LogP contribution < -0.4 is 5.48 Å². The molecule has 0 spiro atoms. The molecule has 2 aromatic rings. The Morgan fingerprint density at radius 3 is 2.88 bits per heavy atom. The Morgan fingerprint density at radius 1 is 1.40 bits per heavy atom. The molecule has 0 amide bonds. The molecule has 7 nitrogen and oxygen atoms in total. The third-order valence-corrected chi connectivity index (χ3v) is 3.98. The van der Waals surface area contributed by atoms with Gasteiger partial charge in [0.2, 0.25) is 0 Å². The summed E-state index contributed by atoms with van der Waals surface area (Å²) >= 11 is 3.06. The SMILES string of the molecule is O=C(CCCCO)Cc1conc1C(=Nc1ccc(F)c(Br)c1)NO. The van der Waals surface area contributed by atoms with Gasteiger partial charge in [-0.25, -0.2) is 9.38 Å². The van der Waals surface area contributed by atoms with Gasteiger partial charge in [-0.05, 0) is 47.0 Å². The molecule has 25 heavy (non-hydrogen) atoms. The van der Waals surface area contributed by atoms with Crippen molar-refractivity contribution in [1.29, 1.82) is 0 Å². The van der Waals surface area contributed by atoms with Gasteiger partial charge in [0.1, 0.15) is 17.9 Å². The normalized spacial score (nSPS) is 11.6. The van der Waals surface area contributed by atoms with Crippen LogP contribution in [-0.4, -0.2) is 33.7 Å². The maximum Gasteiger partial charge on any atom is 0.180 e. The lowest BCUT2D eigenvalue weighted by molar-refractivity contribution is -0.118. The standard InChI is InChI=1S/C16H17BrFN3O4/c17-13-8-11(4-5-14(13)18)19-16(20-24)15-10(9-25-21-15)7-12(23)3-1-2-6-22/h4-5,8-9,22,24H,1-3,6-7H2,(H,19,20). The monoisotopic (exact) mass is 413 g/mol. The zero-order chi connectivity index (χ0) is 18.2. The smallest absolute Gasteiger partial charge is 0.180 e. The molecule has 0 fully saturated rings. The van der Waals surface area contributed by atoms with Crippen LogP contribution in [0.4, 0.5) is 10.1 Å². The number of benzene rings is 1. The number of halogens is 2. The Hall–Kier alpha value is -2.10. The van der Waals surface area contributed by atoms with Gasteiger partial charge in [-0.15, -0.1) is 0 Å². The maximum absolute atomic E-state index is 13.3. The van der Waals surface area contributed by atoms with E-state index in [1.165, 1.54) is 24.5 Å². The second-order valence-corrected chi connectivity index (χ2v) is 6.11. The van der Waals surface area contributed by atoms with Crippen LogP contribution in [0.3, 0.4) is 0 Å².